The number of rotatable bonds is 4. The van der Waals surface area contributed by atoms with Crippen molar-refractivity contribution in [2.45, 2.75) is 32.7 Å². The summed E-state index contributed by atoms with van der Waals surface area (Å²) in [5.41, 5.74) is 7.98. The van der Waals surface area contributed by atoms with Crippen LogP contribution in [0.2, 0.25) is 0 Å². The van der Waals surface area contributed by atoms with Gasteiger partial charge in [0.15, 0.2) is 11.5 Å². The smallest absolute Gasteiger partial charge is 0.166 e. The molecule has 0 saturated carbocycles. The molecular weight excluding hydrogens is 202 g/mol. The van der Waals surface area contributed by atoms with Gasteiger partial charge in [-0.2, -0.15) is 0 Å². The zero-order chi connectivity index (χ0) is 12.3. The highest BCUT2D eigenvalue weighted by atomic mass is 16.5. The third-order valence-electron chi connectivity index (χ3n) is 2.66. The van der Waals surface area contributed by atoms with E-state index in [4.69, 9.17) is 15.2 Å². The number of benzene rings is 1. The van der Waals surface area contributed by atoms with E-state index < -0.39 is 5.54 Å². The predicted octanol–water partition coefficient (Wildman–Crippen LogP) is 2.46. The van der Waals surface area contributed by atoms with Crippen LogP contribution < -0.4 is 15.2 Å². The SMILES string of the molecule is CCc1ccc(OC)c(OC)c1C(C)(C)N. The molecule has 0 saturated heterocycles. The first kappa shape index (κ1) is 12.8. The topological polar surface area (TPSA) is 44.5 Å². The van der Waals surface area contributed by atoms with Crippen LogP contribution >= 0.6 is 0 Å². The fourth-order valence-corrected chi connectivity index (χ4v) is 1.97. The molecule has 1 aromatic carbocycles. The van der Waals surface area contributed by atoms with E-state index in [1.165, 1.54) is 5.56 Å². The maximum absolute atomic E-state index is 6.20. The van der Waals surface area contributed by atoms with Gasteiger partial charge in [0.1, 0.15) is 0 Å². The van der Waals surface area contributed by atoms with E-state index in [-0.39, 0.29) is 0 Å². The summed E-state index contributed by atoms with van der Waals surface area (Å²) in [5.74, 6) is 1.47. The van der Waals surface area contributed by atoms with E-state index in [0.29, 0.717) is 0 Å². The molecule has 0 unspecified atom stereocenters. The highest BCUT2D eigenvalue weighted by Gasteiger charge is 2.25. The Balaban J connectivity index is 3.49. The molecule has 0 heterocycles. The predicted molar refractivity (Wildman–Crippen MR) is 66.1 cm³/mol. The molecule has 0 bridgehead atoms. The number of hydrogen-bond donors (Lipinski definition) is 1. The second-order valence-corrected chi connectivity index (χ2v) is 4.41. The third-order valence-corrected chi connectivity index (χ3v) is 2.66. The summed E-state index contributed by atoms with van der Waals surface area (Å²) >= 11 is 0. The first-order valence-corrected chi connectivity index (χ1v) is 5.48. The van der Waals surface area contributed by atoms with Crippen molar-refractivity contribution in [2.75, 3.05) is 14.2 Å². The molecular formula is C13H21NO2. The standard InChI is InChI=1S/C13H21NO2/c1-6-9-7-8-10(15-4)12(16-5)11(9)13(2,3)14/h7-8H,6,14H2,1-5H3. The lowest BCUT2D eigenvalue weighted by molar-refractivity contribution is 0.342. The monoisotopic (exact) mass is 223 g/mol. The molecule has 0 radical (unpaired) electrons. The van der Waals surface area contributed by atoms with Gasteiger partial charge in [-0.05, 0) is 31.9 Å². The average Bonchev–Trinajstić information content (AvgIpc) is 2.25. The van der Waals surface area contributed by atoms with Crippen LogP contribution in [0.1, 0.15) is 31.9 Å². The molecule has 3 heteroatoms. The van der Waals surface area contributed by atoms with E-state index >= 15 is 0 Å². The molecule has 0 spiro atoms. The van der Waals surface area contributed by atoms with Gasteiger partial charge in [0.05, 0.1) is 14.2 Å². The van der Waals surface area contributed by atoms with Crippen LogP contribution in [0, 0.1) is 0 Å². The number of methoxy groups -OCH3 is 2. The number of hydrogen-bond acceptors (Lipinski definition) is 3. The number of ether oxygens (including phenoxy) is 2. The Morgan fingerprint density at radius 3 is 2.19 bits per heavy atom. The maximum Gasteiger partial charge on any atom is 0.166 e. The Morgan fingerprint density at radius 1 is 1.19 bits per heavy atom. The molecule has 0 atom stereocenters. The molecule has 3 nitrogen and oxygen atoms in total. The molecule has 1 rings (SSSR count). The summed E-state index contributed by atoms with van der Waals surface area (Å²) in [6, 6.07) is 3.97. The van der Waals surface area contributed by atoms with Crippen molar-refractivity contribution in [1.29, 1.82) is 0 Å². The van der Waals surface area contributed by atoms with E-state index in [1.807, 2.05) is 26.0 Å². The lowest BCUT2D eigenvalue weighted by Gasteiger charge is -2.26. The lowest BCUT2D eigenvalue weighted by atomic mass is 9.88. The zero-order valence-corrected chi connectivity index (χ0v) is 10.8. The second-order valence-electron chi connectivity index (χ2n) is 4.41. The number of nitrogens with two attached hydrogens (primary N) is 1. The van der Waals surface area contributed by atoms with Crippen molar-refractivity contribution in [3.05, 3.63) is 23.3 Å². The van der Waals surface area contributed by atoms with Crippen molar-refractivity contribution < 1.29 is 9.47 Å². The largest absolute Gasteiger partial charge is 0.493 e. The van der Waals surface area contributed by atoms with Crippen LogP contribution in [0.5, 0.6) is 11.5 Å². The first-order valence-electron chi connectivity index (χ1n) is 5.48. The molecule has 16 heavy (non-hydrogen) atoms. The molecule has 0 aliphatic heterocycles. The van der Waals surface area contributed by atoms with Gasteiger partial charge in [-0.3, -0.25) is 0 Å². The van der Waals surface area contributed by atoms with Crippen LogP contribution in [0.25, 0.3) is 0 Å². The minimum atomic E-state index is -0.439. The third kappa shape index (κ3) is 2.30. The van der Waals surface area contributed by atoms with Crippen LogP contribution in [-0.4, -0.2) is 14.2 Å². The van der Waals surface area contributed by atoms with Crippen LogP contribution in [0.4, 0.5) is 0 Å². The fraction of sp³-hybridized carbons (Fsp3) is 0.538. The highest BCUT2D eigenvalue weighted by molar-refractivity contribution is 5.53. The van der Waals surface area contributed by atoms with Gasteiger partial charge in [0.2, 0.25) is 0 Å². The summed E-state index contributed by atoms with van der Waals surface area (Å²) in [4.78, 5) is 0. The van der Waals surface area contributed by atoms with Crippen LogP contribution in [0.3, 0.4) is 0 Å². The minimum Gasteiger partial charge on any atom is -0.493 e. The van der Waals surface area contributed by atoms with Crippen molar-refractivity contribution in [1.82, 2.24) is 0 Å². The van der Waals surface area contributed by atoms with Gasteiger partial charge in [-0.15, -0.1) is 0 Å². The van der Waals surface area contributed by atoms with Gasteiger partial charge < -0.3 is 15.2 Å². The molecule has 0 aromatic heterocycles. The fourth-order valence-electron chi connectivity index (χ4n) is 1.97. The Bertz CT molecular complexity index is 367. The van der Waals surface area contributed by atoms with Crippen molar-refractivity contribution in [2.24, 2.45) is 5.73 Å². The maximum atomic E-state index is 6.20. The second kappa shape index (κ2) is 4.74. The Labute approximate surface area is 97.6 Å². The molecule has 0 aliphatic carbocycles. The molecule has 0 fully saturated rings. The zero-order valence-electron chi connectivity index (χ0n) is 10.8. The average molecular weight is 223 g/mol. The van der Waals surface area contributed by atoms with Crippen molar-refractivity contribution in [3.8, 4) is 11.5 Å². The first-order chi connectivity index (χ1) is 7.45. The van der Waals surface area contributed by atoms with Gasteiger partial charge in [0, 0.05) is 11.1 Å². The Morgan fingerprint density at radius 2 is 1.81 bits per heavy atom. The highest BCUT2D eigenvalue weighted by Crippen LogP contribution is 2.38. The van der Waals surface area contributed by atoms with E-state index in [2.05, 4.69) is 6.92 Å². The molecule has 0 amide bonds. The summed E-state index contributed by atoms with van der Waals surface area (Å²) in [5, 5.41) is 0. The quantitative estimate of drug-likeness (QED) is 0.852. The van der Waals surface area contributed by atoms with Gasteiger partial charge in [0.25, 0.3) is 0 Å². The normalized spacial score (nSPS) is 11.4. The van der Waals surface area contributed by atoms with Crippen molar-refractivity contribution in [3.63, 3.8) is 0 Å². The lowest BCUT2D eigenvalue weighted by Crippen LogP contribution is -2.30. The van der Waals surface area contributed by atoms with Gasteiger partial charge >= 0.3 is 0 Å². The molecule has 90 valence electrons. The van der Waals surface area contributed by atoms with Gasteiger partial charge in [-0.1, -0.05) is 13.0 Å². The minimum absolute atomic E-state index is 0.439. The summed E-state index contributed by atoms with van der Waals surface area (Å²) in [7, 11) is 3.28. The van der Waals surface area contributed by atoms with Gasteiger partial charge in [-0.25, -0.2) is 0 Å². The summed E-state index contributed by atoms with van der Waals surface area (Å²) in [6.45, 7) is 6.06. The van der Waals surface area contributed by atoms with E-state index in [0.717, 1.165) is 23.5 Å². The molecule has 2 N–H and O–H groups in total. The Kier molecular flexibility index (Phi) is 3.81. The summed E-state index contributed by atoms with van der Waals surface area (Å²) in [6.07, 6.45) is 0.927. The number of aryl methyl sites for hydroxylation is 1. The Hall–Kier alpha value is -1.22. The van der Waals surface area contributed by atoms with Crippen LogP contribution in [-0.2, 0) is 12.0 Å². The van der Waals surface area contributed by atoms with Crippen molar-refractivity contribution >= 4 is 0 Å². The van der Waals surface area contributed by atoms with E-state index in [9.17, 15) is 0 Å². The molecule has 0 aliphatic rings. The van der Waals surface area contributed by atoms with E-state index in [1.54, 1.807) is 14.2 Å². The molecule has 1 aromatic rings. The summed E-state index contributed by atoms with van der Waals surface area (Å²) < 4.78 is 10.7. The van der Waals surface area contributed by atoms with Crippen LogP contribution in [0.15, 0.2) is 12.1 Å².